The van der Waals surface area contributed by atoms with Gasteiger partial charge >= 0.3 is 0 Å². The van der Waals surface area contributed by atoms with E-state index in [9.17, 15) is 0 Å². The summed E-state index contributed by atoms with van der Waals surface area (Å²) in [6.45, 7) is 9.43. The Labute approximate surface area is 115 Å². The van der Waals surface area contributed by atoms with Crippen molar-refractivity contribution in [2.75, 3.05) is 6.54 Å². The molecule has 100 valence electrons. The van der Waals surface area contributed by atoms with Crippen molar-refractivity contribution in [1.82, 2.24) is 9.47 Å². The van der Waals surface area contributed by atoms with Gasteiger partial charge in [0.15, 0.2) is 0 Å². The van der Waals surface area contributed by atoms with Gasteiger partial charge in [0, 0.05) is 41.1 Å². The van der Waals surface area contributed by atoms with Crippen molar-refractivity contribution in [3.05, 3.63) is 35.5 Å². The Balaban J connectivity index is 2.07. The van der Waals surface area contributed by atoms with Gasteiger partial charge in [0.05, 0.1) is 0 Å². The normalized spacial score (nSPS) is 29.2. The van der Waals surface area contributed by atoms with Crippen LogP contribution >= 0.6 is 0 Å². The fourth-order valence-corrected chi connectivity index (χ4v) is 4.31. The van der Waals surface area contributed by atoms with E-state index in [0.29, 0.717) is 6.04 Å². The maximum absolute atomic E-state index is 2.66. The van der Waals surface area contributed by atoms with Gasteiger partial charge in [-0.2, -0.15) is 0 Å². The van der Waals surface area contributed by atoms with Crippen LogP contribution in [0.1, 0.15) is 50.4 Å². The van der Waals surface area contributed by atoms with Crippen molar-refractivity contribution in [3.63, 3.8) is 0 Å². The molecule has 3 unspecified atom stereocenters. The first kappa shape index (κ1) is 11.5. The number of hydrogen-bond acceptors (Lipinski definition) is 1. The molecule has 0 spiro atoms. The number of para-hydroxylation sites is 1. The second-order valence-electron chi connectivity index (χ2n) is 6.45. The molecular weight excluding hydrogens is 232 g/mol. The first-order chi connectivity index (χ1) is 9.18. The number of rotatable bonds is 1. The second-order valence-corrected chi connectivity index (χ2v) is 6.45. The summed E-state index contributed by atoms with van der Waals surface area (Å²) in [7, 11) is 0. The van der Waals surface area contributed by atoms with Crippen LogP contribution in [0, 0.1) is 0 Å². The summed E-state index contributed by atoms with van der Waals surface area (Å²) in [6.07, 6.45) is 1.33. The smallest absolute Gasteiger partial charge is 0.0488 e. The van der Waals surface area contributed by atoms with E-state index in [0.717, 1.165) is 18.5 Å². The van der Waals surface area contributed by atoms with E-state index in [1.807, 2.05) is 0 Å². The summed E-state index contributed by atoms with van der Waals surface area (Å²) in [5, 5.41) is 1.50. The Kier molecular flexibility index (Phi) is 2.34. The minimum absolute atomic E-state index is 0.544. The van der Waals surface area contributed by atoms with Crippen LogP contribution in [0.4, 0.5) is 0 Å². The van der Waals surface area contributed by atoms with Gasteiger partial charge < -0.3 is 4.57 Å². The standard InChI is InChI=1S/C17H22N2/c1-11(2)19-15-7-5-4-6-14(15)17-13-8-9-18(12(13)3)10-16(17)19/h4-7,11-13H,8-10H2,1-3H3. The van der Waals surface area contributed by atoms with Gasteiger partial charge in [-0.1, -0.05) is 18.2 Å². The highest BCUT2D eigenvalue weighted by molar-refractivity contribution is 5.87. The van der Waals surface area contributed by atoms with E-state index in [-0.39, 0.29) is 0 Å². The number of benzene rings is 1. The molecule has 4 rings (SSSR count). The first-order valence-electron chi connectivity index (χ1n) is 7.54. The molecule has 0 amide bonds. The summed E-state index contributed by atoms with van der Waals surface area (Å²) in [6, 6.07) is 10.3. The minimum Gasteiger partial charge on any atom is -0.341 e. The van der Waals surface area contributed by atoms with Gasteiger partial charge in [-0.05, 0) is 45.4 Å². The lowest BCUT2D eigenvalue weighted by atomic mass is 9.88. The van der Waals surface area contributed by atoms with Crippen LogP contribution in [-0.4, -0.2) is 22.1 Å². The molecule has 1 fully saturated rings. The van der Waals surface area contributed by atoms with Crippen LogP contribution in [0.25, 0.3) is 10.9 Å². The molecule has 1 saturated heterocycles. The maximum atomic E-state index is 2.66. The van der Waals surface area contributed by atoms with E-state index in [1.54, 1.807) is 11.3 Å². The second kappa shape index (κ2) is 3.86. The Morgan fingerprint density at radius 1 is 1.21 bits per heavy atom. The molecule has 3 heterocycles. The van der Waals surface area contributed by atoms with E-state index < -0.39 is 0 Å². The molecule has 2 nitrogen and oxygen atoms in total. The number of nitrogens with zero attached hydrogens (tertiary/aromatic N) is 2. The Morgan fingerprint density at radius 3 is 2.79 bits per heavy atom. The molecule has 0 saturated carbocycles. The van der Waals surface area contributed by atoms with Crippen molar-refractivity contribution in [2.45, 2.75) is 51.7 Å². The largest absolute Gasteiger partial charge is 0.341 e. The fraction of sp³-hybridized carbons (Fsp3) is 0.529. The third-order valence-corrected chi connectivity index (χ3v) is 5.18. The highest BCUT2D eigenvalue weighted by Crippen LogP contribution is 2.46. The average Bonchev–Trinajstić information content (AvgIpc) is 2.82. The zero-order valence-corrected chi connectivity index (χ0v) is 12.1. The van der Waals surface area contributed by atoms with Crippen molar-refractivity contribution < 1.29 is 0 Å². The molecule has 0 aliphatic carbocycles. The minimum atomic E-state index is 0.544. The quantitative estimate of drug-likeness (QED) is 0.749. The van der Waals surface area contributed by atoms with Crippen LogP contribution in [-0.2, 0) is 6.54 Å². The van der Waals surface area contributed by atoms with E-state index >= 15 is 0 Å². The summed E-state index contributed by atoms with van der Waals surface area (Å²) in [4.78, 5) is 2.66. The van der Waals surface area contributed by atoms with Crippen LogP contribution < -0.4 is 0 Å². The number of fused-ring (bicyclic) bond motifs is 6. The van der Waals surface area contributed by atoms with Crippen LogP contribution in [0.5, 0.6) is 0 Å². The third kappa shape index (κ3) is 1.41. The third-order valence-electron chi connectivity index (χ3n) is 5.18. The molecule has 2 aliphatic heterocycles. The van der Waals surface area contributed by atoms with Crippen molar-refractivity contribution >= 4 is 10.9 Å². The van der Waals surface area contributed by atoms with Crippen molar-refractivity contribution in [3.8, 4) is 0 Å². The average molecular weight is 254 g/mol. The zero-order valence-electron chi connectivity index (χ0n) is 12.1. The van der Waals surface area contributed by atoms with E-state index in [2.05, 4.69) is 54.5 Å². The SMILES string of the molecule is CC1C2CCN1Cc1c2c2ccccc2n1C(C)C. The zero-order chi connectivity index (χ0) is 13.1. The molecule has 3 atom stereocenters. The van der Waals surface area contributed by atoms with Crippen LogP contribution in [0.3, 0.4) is 0 Å². The monoisotopic (exact) mass is 254 g/mol. The summed E-state index contributed by atoms with van der Waals surface area (Å²) >= 11 is 0. The van der Waals surface area contributed by atoms with E-state index in [1.165, 1.54) is 23.9 Å². The fourth-order valence-electron chi connectivity index (χ4n) is 4.31. The lowest BCUT2D eigenvalue weighted by molar-refractivity contribution is 0.228. The van der Waals surface area contributed by atoms with Gasteiger partial charge in [0.2, 0.25) is 0 Å². The molecule has 2 bridgehead atoms. The summed E-state index contributed by atoms with van der Waals surface area (Å²) < 4.78 is 2.57. The molecule has 1 aromatic heterocycles. The van der Waals surface area contributed by atoms with Crippen LogP contribution in [0.2, 0.25) is 0 Å². The topological polar surface area (TPSA) is 8.17 Å². The Morgan fingerprint density at radius 2 is 2.00 bits per heavy atom. The first-order valence-corrected chi connectivity index (χ1v) is 7.54. The van der Waals surface area contributed by atoms with Crippen molar-refractivity contribution in [1.29, 1.82) is 0 Å². The maximum Gasteiger partial charge on any atom is 0.0488 e. The molecule has 2 aliphatic rings. The molecular formula is C17H22N2. The van der Waals surface area contributed by atoms with Gasteiger partial charge in [-0.25, -0.2) is 0 Å². The van der Waals surface area contributed by atoms with Crippen molar-refractivity contribution in [2.24, 2.45) is 0 Å². The molecule has 2 aromatic rings. The lowest BCUT2D eigenvalue weighted by Crippen LogP contribution is -2.34. The summed E-state index contributed by atoms with van der Waals surface area (Å²) in [5.74, 6) is 0.744. The Hall–Kier alpha value is -1.28. The van der Waals surface area contributed by atoms with Gasteiger partial charge in [0.25, 0.3) is 0 Å². The molecule has 2 heteroatoms. The number of aromatic nitrogens is 1. The highest BCUT2D eigenvalue weighted by atomic mass is 15.2. The van der Waals surface area contributed by atoms with Gasteiger partial charge in [-0.15, -0.1) is 0 Å². The molecule has 1 aromatic carbocycles. The van der Waals surface area contributed by atoms with Gasteiger partial charge in [0.1, 0.15) is 0 Å². The molecule has 0 N–H and O–H groups in total. The predicted octanol–water partition coefficient (Wildman–Crippen LogP) is 3.91. The molecule has 19 heavy (non-hydrogen) atoms. The predicted molar refractivity (Wildman–Crippen MR) is 79.6 cm³/mol. The van der Waals surface area contributed by atoms with E-state index in [4.69, 9.17) is 0 Å². The lowest BCUT2D eigenvalue weighted by Gasteiger charge is -2.32. The Bertz CT molecular complexity index is 638. The highest BCUT2D eigenvalue weighted by Gasteiger charge is 2.40. The van der Waals surface area contributed by atoms with Gasteiger partial charge in [-0.3, -0.25) is 4.90 Å². The number of hydrogen-bond donors (Lipinski definition) is 0. The van der Waals surface area contributed by atoms with Crippen LogP contribution in [0.15, 0.2) is 24.3 Å². The summed E-state index contributed by atoms with van der Waals surface area (Å²) in [5.41, 5.74) is 4.67. The molecule has 0 radical (unpaired) electrons.